The number of carbonyl (C=O) groups is 1. The zero-order valence-electron chi connectivity index (χ0n) is 17.1. The molecule has 0 saturated carbocycles. The van der Waals surface area contributed by atoms with Crippen LogP contribution in [0.4, 0.5) is 5.69 Å². The lowest BCUT2D eigenvalue weighted by molar-refractivity contribution is 0.102. The zero-order valence-corrected chi connectivity index (χ0v) is 17.1. The third-order valence-electron chi connectivity index (χ3n) is 5.00. The number of nitrogens with one attached hydrogen (secondary N) is 1. The third kappa shape index (κ3) is 3.82. The molecule has 1 amide bonds. The largest absolute Gasteiger partial charge is 0.497 e. The summed E-state index contributed by atoms with van der Waals surface area (Å²) in [7, 11) is 1.63. The van der Waals surface area contributed by atoms with Gasteiger partial charge in [0.2, 0.25) is 5.89 Å². The summed E-state index contributed by atoms with van der Waals surface area (Å²) in [5.74, 6) is 1.59. The Bertz CT molecular complexity index is 1170. The van der Waals surface area contributed by atoms with Crippen LogP contribution in [0.5, 0.6) is 5.75 Å². The molecule has 4 aromatic rings. The number of hydrogen-bond acceptors (Lipinski definition) is 4. The maximum Gasteiger partial charge on any atom is 0.256 e. The second kappa shape index (κ2) is 8.25. The molecule has 0 unspecified atom stereocenters. The van der Waals surface area contributed by atoms with Crippen LogP contribution in [0.15, 0.2) is 77.3 Å². The van der Waals surface area contributed by atoms with E-state index in [0.717, 1.165) is 28.1 Å². The van der Waals surface area contributed by atoms with Crippen LogP contribution in [0.25, 0.3) is 22.8 Å². The lowest BCUT2D eigenvalue weighted by Gasteiger charge is -2.12. The molecule has 4 rings (SSSR count). The van der Waals surface area contributed by atoms with E-state index in [1.54, 1.807) is 19.4 Å². The molecule has 0 fully saturated rings. The molecular formula is C25H22N2O3. The van der Waals surface area contributed by atoms with Crippen LogP contribution in [-0.2, 0) is 0 Å². The number of nitrogens with zero attached hydrogens (tertiary/aromatic N) is 1. The molecule has 0 atom stereocenters. The van der Waals surface area contributed by atoms with Gasteiger partial charge in [-0.25, -0.2) is 4.98 Å². The molecule has 0 radical (unpaired) electrons. The number of aromatic nitrogens is 1. The van der Waals surface area contributed by atoms with Gasteiger partial charge in [-0.05, 0) is 61.4 Å². The number of hydrogen-bond donors (Lipinski definition) is 1. The number of oxazole rings is 1. The van der Waals surface area contributed by atoms with E-state index in [1.165, 1.54) is 0 Å². The fraction of sp³-hybridized carbons (Fsp3) is 0.120. The first kappa shape index (κ1) is 19.5. The molecule has 0 bridgehead atoms. The molecule has 150 valence electrons. The van der Waals surface area contributed by atoms with Crippen molar-refractivity contribution in [2.45, 2.75) is 13.8 Å². The van der Waals surface area contributed by atoms with Gasteiger partial charge in [0.05, 0.1) is 18.9 Å². The number of methoxy groups -OCH3 is 1. The number of para-hydroxylation sites is 1. The lowest BCUT2D eigenvalue weighted by Crippen LogP contribution is -2.14. The number of rotatable bonds is 5. The normalized spacial score (nSPS) is 10.6. The first-order valence-corrected chi connectivity index (χ1v) is 9.64. The topological polar surface area (TPSA) is 64.4 Å². The number of amides is 1. The molecule has 3 aromatic carbocycles. The molecule has 1 N–H and O–H groups in total. The van der Waals surface area contributed by atoms with E-state index >= 15 is 0 Å². The molecule has 0 aliphatic rings. The Morgan fingerprint density at radius 2 is 1.63 bits per heavy atom. The van der Waals surface area contributed by atoms with Gasteiger partial charge < -0.3 is 14.5 Å². The molecule has 5 nitrogen and oxygen atoms in total. The van der Waals surface area contributed by atoms with Crippen LogP contribution in [0.2, 0.25) is 0 Å². The summed E-state index contributed by atoms with van der Waals surface area (Å²) in [6.07, 6.45) is 1.66. The second-order valence-corrected chi connectivity index (χ2v) is 7.02. The van der Waals surface area contributed by atoms with Gasteiger partial charge in [-0.1, -0.05) is 30.3 Å². The fourth-order valence-electron chi connectivity index (χ4n) is 3.35. The van der Waals surface area contributed by atoms with Crippen molar-refractivity contribution < 1.29 is 13.9 Å². The lowest BCUT2D eigenvalue weighted by atomic mass is 10.1. The van der Waals surface area contributed by atoms with E-state index in [-0.39, 0.29) is 5.91 Å². The Hall–Kier alpha value is -3.86. The summed E-state index contributed by atoms with van der Waals surface area (Å²) in [6.45, 7) is 3.95. The minimum atomic E-state index is -0.202. The third-order valence-corrected chi connectivity index (χ3v) is 5.00. The van der Waals surface area contributed by atoms with E-state index < -0.39 is 0 Å². The van der Waals surface area contributed by atoms with E-state index in [2.05, 4.69) is 10.3 Å². The average Bonchev–Trinajstić information content (AvgIpc) is 3.26. The van der Waals surface area contributed by atoms with Crippen molar-refractivity contribution in [3.05, 3.63) is 89.6 Å². The molecule has 0 spiro atoms. The molecule has 1 heterocycles. The maximum atomic E-state index is 13.1. The monoisotopic (exact) mass is 398 g/mol. The summed E-state index contributed by atoms with van der Waals surface area (Å²) in [5.41, 5.74) is 4.87. The Kier molecular flexibility index (Phi) is 5.35. The number of carbonyl (C=O) groups excluding carboxylic acids is 1. The summed E-state index contributed by atoms with van der Waals surface area (Å²) in [5, 5.41) is 3.03. The van der Waals surface area contributed by atoms with Crippen molar-refractivity contribution in [2.75, 3.05) is 12.4 Å². The van der Waals surface area contributed by atoms with Crippen molar-refractivity contribution in [1.82, 2.24) is 4.98 Å². The highest BCUT2D eigenvalue weighted by Gasteiger charge is 2.18. The molecule has 30 heavy (non-hydrogen) atoms. The van der Waals surface area contributed by atoms with Gasteiger partial charge in [-0.15, -0.1) is 0 Å². The minimum absolute atomic E-state index is 0.202. The van der Waals surface area contributed by atoms with Gasteiger partial charge in [0.25, 0.3) is 5.91 Å². The van der Waals surface area contributed by atoms with E-state index in [1.807, 2.05) is 74.5 Å². The molecule has 0 aliphatic carbocycles. The average molecular weight is 398 g/mol. The molecular weight excluding hydrogens is 376 g/mol. The van der Waals surface area contributed by atoms with Crippen LogP contribution < -0.4 is 10.1 Å². The summed E-state index contributed by atoms with van der Waals surface area (Å²) in [6, 6.07) is 20.8. The SMILES string of the molecule is COc1ccc(-c2cnc(-c3ccccc3C(=O)Nc3c(C)cccc3C)o2)cc1. The van der Waals surface area contributed by atoms with E-state index in [9.17, 15) is 4.79 Å². The van der Waals surface area contributed by atoms with Gasteiger partial charge in [0.15, 0.2) is 5.76 Å². The van der Waals surface area contributed by atoms with Crippen LogP contribution in [0.3, 0.4) is 0 Å². The number of ether oxygens (including phenoxy) is 1. The summed E-state index contributed by atoms with van der Waals surface area (Å²) >= 11 is 0. The highest BCUT2D eigenvalue weighted by Crippen LogP contribution is 2.30. The molecule has 0 aliphatic heterocycles. The van der Waals surface area contributed by atoms with Crippen molar-refractivity contribution in [2.24, 2.45) is 0 Å². The predicted molar refractivity (Wildman–Crippen MR) is 118 cm³/mol. The first-order valence-electron chi connectivity index (χ1n) is 9.64. The number of aryl methyl sites for hydroxylation is 2. The number of benzene rings is 3. The fourth-order valence-corrected chi connectivity index (χ4v) is 3.35. The Labute approximate surface area is 175 Å². The van der Waals surface area contributed by atoms with Gasteiger partial charge in [-0.2, -0.15) is 0 Å². The van der Waals surface area contributed by atoms with E-state index in [0.29, 0.717) is 22.8 Å². The smallest absolute Gasteiger partial charge is 0.256 e. The van der Waals surface area contributed by atoms with Crippen molar-refractivity contribution >= 4 is 11.6 Å². The quantitative estimate of drug-likeness (QED) is 0.455. The molecule has 5 heteroatoms. The Morgan fingerprint density at radius 1 is 0.933 bits per heavy atom. The first-order chi connectivity index (χ1) is 14.6. The highest BCUT2D eigenvalue weighted by atomic mass is 16.5. The summed E-state index contributed by atoms with van der Waals surface area (Å²) < 4.78 is 11.2. The van der Waals surface area contributed by atoms with Gasteiger partial charge in [0.1, 0.15) is 5.75 Å². The maximum absolute atomic E-state index is 13.1. The van der Waals surface area contributed by atoms with Crippen LogP contribution in [0.1, 0.15) is 21.5 Å². The van der Waals surface area contributed by atoms with Gasteiger partial charge in [0, 0.05) is 16.8 Å². The van der Waals surface area contributed by atoms with Crippen molar-refractivity contribution in [1.29, 1.82) is 0 Å². The van der Waals surface area contributed by atoms with Crippen LogP contribution in [-0.4, -0.2) is 18.0 Å². The Balaban J connectivity index is 1.65. The number of anilines is 1. The van der Waals surface area contributed by atoms with Gasteiger partial charge >= 0.3 is 0 Å². The van der Waals surface area contributed by atoms with Gasteiger partial charge in [-0.3, -0.25) is 4.79 Å². The van der Waals surface area contributed by atoms with Crippen molar-refractivity contribution in [3.63, 3.8) is 0 Å². The van der Waals surface area contributed by atoms with E-state index in [4.69, 9.17) is 9.15 Å². The van der Waals surface area contributed by atoms with Crippen LogP contribution in [0, 0.1) is 13.8 Å². The summed E-state index contributed by atoms with van der Waals surface area (Å²) in [4.78, 5) is 17.5. The molecule has 0 saturated heterocycles. The minimum Gasteiger partial charge on any atom is -0.497 e. The second-order valence-electron chi connectivity index (χ2n) is 7.02. The standard InChI is InChI=1S/C25H22N2O3/c1-16-7-6-8-17(2)23(16)27-24(28)20-9-4-5-10-21(20)25-26-15-22(30-25)18-11-13-19(29-3)14-12-18/h4-15H,1-3H3,(H,27,28). The Morgan fingerprint density at radius 3 is 2.33 bits per heavy atom. The molecule has 1 aromatic heterocycles. The van der Waals surface area contributed by atoms with Crippen LogP contribution >= 0.6 is 0 Å². The zero-order chi connectivity index (χ0) is 21.1. The van der Waals surface area contributed by atoms with Crippen molar-refractivity contribution in [3.8, 4) is 28.5 Å². The highest BCUT2D eigenvalue weighted by molar-refractivity contribution is 6.08. The predicted octanol–water partition coefficient (Wildman–Crippen LogP) is 5.89.